The second-order valence-electron chi connectivity index (χ2n) is 12.5. The molecule has 0 bridgehead atoms. The van der Waals surface area contributed by atoms with E-state index in [1.54, 1.807) is 34.9 Å². The number of rotatable bonds is 18. The quantitative estimate of drug-likeness (QED) is 0.103. The predicted molar refractivity (Wildman–Crippen MR) is 197 cm³/mol. The fraction of sp³-hybridized carbons (Fsp3) is 0.432. The highest BCUT2D eigenvalue weighted by molar-refractivity contribution is 7.09. The van der Waals surface area contributed by atoms with Crippen LogP contribution in [0, 0.1) is 0 Å². The summed E-state index contributed by atoms with van der Waals surface area (Å²) in [5.74, 6) is -0.0207. The molecule has 0 saturated carbocycles. The van der Waals surface area contributed by atoms with Gasteiger partial charge in [-0.25, -0.2) is 14.6 Å². The van der Waals surface area contributed by atoms with E-state index in [1.807, 2.05) is 73.0 Å². The molecule has 0 fully saturated rings. The lowest BCUT2D eigenvalue weighted by molar-refractivity contribution is -0.123. The average molecular weight is 721 g/mol. The number of aliphatic hydroxyl groups is 1. The lowest BCUT2D eigenvalue weighted by Crippen LogP contribution is -2.53. The normalized spacial score (nSPS) is 13.6. The van der Waals surface area contributed by atoms with Crippen LogP contribution in [0.5, 0.6) is 0 Å². The lowest BCUT2D eigenvalue weighted by Gasteiger charge is -2.29. The number of nitrogens with zero attached hydrogens (tertiary/aromatic N) is 3. The van der Waals surface area contributed by atoms with E-state index in [9.17, 15) is 19.5 Å². The van der Waals surface area contributed by atoms with E-state index in [0.717, 1.165) is 26.7 Å². The summed E-state index contributed by atoms with van der Waals surface area (Å²) in [5.41, 5.74) is 4.51. The zero-order valence-corrected chi connectivity index (χ0v) is 30.7. The van der Waals surface area contributed by atoms with Crippen LogP contribution in [-0.4, -0.2) is 75.3 Å². The second-order valence-corrected chi connectivity index (χ2v) is 14.4. The number of ether oxygens (including phenoxy) is 1. The van der Waals surface area contributed by atoms with Gasteiger partial charge in [0.05, 0.1) is 33.2 Å². The van der Waals surface area contributed by atoms with Crippen molar-refractivity contribution in [2.45, 2.75) is 90.1 Å². The first-order valence-corrected chi connectivity index (χ1v) is 18.7. The Hall–Kier alpha value is -4.33. The number of aliphatic hydroxyl groups excluding tert-OH is 1. The minimum Gasteiger partial charge on any atom is -0.444 e. The van der Waals surface area contributed by atoms with Crippen molar-refractivity contribution in [2.24, 2.45) is 0 Å². The van der Waals surface area contributed by atoms with E-state index in [1.165, 1.54) is 11.3 Å². The molecule has 50 heavy (non-hydrogen) atoms. The fourth-order valence-electron chi connectivity index (χ4n) is 5.37. The molecule has 13 heteroatoms. The summed E-state index contributed by atoms with van der Waals surface area (Å²) < 4.78 is 5.41. The van der Waals surface area contributed by atoms with Crippen molar-refractivity contribution in [3.8, 4) is 0 Å². The summed E-state index contributed by atoms with van der Waals surface area (Å²) in [6.45, 7) is 8.78. The van der Waals surface area contributed by atoms with E-state index < -0.39 is 30.3 Å². The van der Waals surface area contributed by atoms with Crippen molar-refractivity contribution < 1.29 is 24.2 Å². The third kappa shape index (κ3) is 12.5. The summed E-state index contributed by atoms with van der Waals surface area (Å²) in [6.07, 6.45) is 1.49. The molecule has 2 aromatic heterocycles. The standard InChI is InChI=1S/C37H48N6O5S2/c1-5-43(17-16-29-23-49-35(41-29)25(2)3)36(46)39-26(4)34(45)40-30(18-27-12-8-6-9-13-27)20-33(44)32(19-28-14-10-7-11-15-28)42-37(47)48-22-31-21-38-24-50-31/h6-15,21,23-26,30,32-33,44H,5,16-20,22H2,1-4H3,(H,39,46)(H,40,45)(H,42,47)/t26-,30-,32-,33-/m0/s1. The van der Waals surface area contributed by atoms with E-state index in [0.29, 0.717) is 38.3 Å². The molecular weight excluding hydrogens is 673 g/mol. The number of alkyl carbamates (subject to hydrolysis) is 1. The van der Waals surface area contributed by atoms with E-state index in [-0.39, 0.29) is 25.0 Å². The number of thiazole rings is 2. The van der Waals surface area contributed by atoms with Crippen molar-refractivity contribution in [3.05, 3.63) is 104 Å². The number of nitrogens with one attached hydrogen (secondary N) is 3. The summed E-state index contributed by atoms with van der Waals surface area (Å²) in [7, 11) is 0. The number of hydrogen-bond acceptors (Lipinski definition) is 9. The van der Waals surface area contributed by atoms with Crippen molar-refractivity contribution in [1.29, 1.82) is 0 Å². The zero-order chi connectivity index (χ0) is 35.9. The molecular formula is C37H48N6O5S2. The zero-order valence-electron chi connectivity index (χ0n) is 29.1. The highest BCUT2D eigenvalue weighted by atomic mass is 32.1. The molecule has 0 aliphatic heterocycles. The molecule has 0 aliphatic carbocycles. The number of carbonyl (C=O) groups is 3. The Morgan fingerprint density at radius 2 is 1.60 bits per heavy atom. The number of carbonyl (C=O) groups excluding carboxylic acids is 3. The largest absolute Gasteiger partial charge is 0.444 e. The molecule has 4 N–H and O–H groups in total. The van der Waals surface area contributed by atoms with Crippen LogP contribution in [-0.2, 0) is 35.4 Å². The van der Waals surface area contributed by atoms with Gasteiger partial charge in [-0.15, -0.1) is 22.7 Å². The number of urea groups is 1. The Kier molecular flexibility index (Phi) is 15.2. The van der Waals surface area contributed by atoms with Crippen LogP contribution in [0.4, 0.5) is 9.59 Å². The first-order valence-electron chi connectivity index (χ1n) is 17.0. The van der Waals surface area contributed by atoms with Gasteiger partial charge >= 0.3 is 12.1 Å². The Balaban J connectivity index is 1.40. The molecule has 0 spiro atoms. The molecule has 2 heterocycles. The van der Waals surface area contributed by atoms with Gasteiger partial charge in [-0.2, -0.15) is 0 Å². The number of hydrogen-bond donors (Lipinski definition) is 4. The van der Waals surface area contributed by atoms with Crippen LogP contribution in [0.1, 0.15) is 66.7 Å². The first-order chi connectivity index (χ1) is 24.1. The predicted octanol–water partition coefficient (Wildman–Crippen LogP) is 5.70. The topological polar surface area (TPSA) is 146 Å². The van der Waals surface area contributed by atoms with Crippen molar-refractivity contribution in [3.63, 3.8) is 0 Å². The van der Waals surface area contributed by atoms with Crippen LogP contribution in [0.3, 0.4) is 0 Å². The third-order valence-electron chi connectivity index (χ3n) is 8.20. The van der Waals surface area contributed by atoms with Gasteiger partial charge < -0.3 is 30.7 Å². The van der Waals surface area contributed by atoms with Gasteiger partial charge in [0.1, 0.15) is 12.6 Å². The smallest absolute Gasteiger partial charge is 0.407 e. The van der Waals surface area contributed by atoms with E-state index in [2.05, 4.69) is 39.8 Å². The average Bonchev–Trinajstić information content (AvgIpc) is 3.81. The summed E-state index contributed by atoms with van der Waals surface area (Å²) in [5, 5.41) is 23.4. The summed E-state index contributed by atoms with van der Waals surface area (Å²) >= 11 is 3.01. The van der Waals surface area contributed by atoms with Crippen LogP contribution in [0.15, 0.2) is 77.8 Å². The van der Waals surface area contributed by atoms with Crippen LogP contribution in [0.25, 0.3) is 0 Å². The molecule has 4 amide bonds. The van der Waals surface area contributed by atoms with Crippen LogP contribution in [0.2, 0.25) is 0 Å². The SMILES string of the molecule is CCN(CCc1csc(C(C)C)n1)C(=O)N[C@@H](C)C(=O)N[C@@H](Cc1ccccc1)C[C@H](O)[C@H](Cc1ccccc1)NC(=O)OCc1cncs1. The van der Waals surface area contributed by atoms with Crippen molar-refractivity contribution in [1.82, 2.24) is 30.8 Å². The van der Waals surface area contributed by atoms with Gasteiger partial charge in [0.25, 0.3) is 0 Å². The maximum atomic E-state index is 13.5. The van der Waals surface area contributed by atoms with Gasteiger partial charge in [0.15, 0.2) is 0 Å². The monoisotopic (exact) mass is 720 g/mol. The summed E-state index contributed by atoms with van der Waals surface area (Å²) in [6, 6.07) is 16.8. The number of likely N-dealkylation sites (N-methyl/N-ethyl adjacent to an activating group) is 1. The molecule has 4 rings (SSSR count). The van der Waals surface area contributed by atoms with Gasteiger partial charge in [-0.05, 0) is 44.2 Å². The molecule has 0 aliphatic rings. The van der Waals surface area contributed by atoms with E-state index >= 15 is 0 Å². The highest BCUT2D eigenvalue weighted by Crippen LogP contribution is 2.20. The van der Waals surface area contributed by atoms with Crippen LogP contribution < -0.4 is 16.0 Å². The van der Waals surface area contributed by atoms with Gasteiger partial charge in [-0.3, -0.25) is 9.78 Å². The number of amides is 4. The number of aromatic nitrogens is 2. The minimum absolute atomic E-state index is 0.0698. The Morgan fingerprint density at radius 1 is 0.920 bits per heavy atom. The first kappa shape index (κ1) is 38.5. The maximum Gasteiger partial charge on any atom is 0.407 e. The van der Waals surface area contributed by atoms with Crippen molar-refractivity contribution >= 4 is 40.7 Å². The fourth-order valence-corrected chi connectivity index (χ4v) is 6.74. The molecule has 4 atom stereocenters. The Bertz CT molecular complexity index is 1600. The number of benzene rings is 2. The molecule has 0 radical (unpaired) electrons. The molecule has 11 nitrogen and oxygen atoms in total. The second kappa shape index (κ2) is 19.8. The Morgan fingerprint density at radius 3 is 2.20 bits per heavy atom. The third-order valence-corrected chi connectivity index (χ3v) is 10.1. The van der Waals surface area contributed by atoms with E-state index in [4.69, 9.17) is 4.74 Å². The van der Waals surface area contributed by atoms with Gasteiger partial charge in [-0.1, -0.05) is 74.5 Å². The summed E-state index contributed by atoms with van der Waals surface area (Å²) in [4.78, 5) is 50.7. The van der Waals surface area contributed by atoms with Crippen LogP contribution >= 0.6 is 22.7 Å². The van der Waals surface area contributed by atoms with Crippen molar-refractivity contribution in [2.75, 3.05) is 13.1 Å². The van der Waals surface area contributed by atoms with Gasteiger partial charge in [0, 0.05) is 43.0 Å². The maximum absolute atomic E-state index is 13.5. The molecule has 2 aromatic carbocycles. The lowest BCUT2D eigenvalue weighted by atomic mass is 9.93. The molecule has 0 saturated heterocycles. The minimum atomic E-state index is -1.04. The molecule has 268 valence electrons. The molecule has 4 aromatic rings. The highest BCUT2D eigenvalue weighted by Gasteiger charge is 2.28. The Labute approximate surface area is 302 Å². The molecule has 0 unspecified atom stereocenters. The van der Waals surface area contributed by atoms with Gasteiger partial charge in [0.2, 0.25) is 5.91 Å².